The van der Waals surface area contributed by atoms with Gasteiger partial charge in [0, 0.05) is 68.5 Å². The third-order valence-corrected chi connectivity index (χ3v) is 14.0. The SMILES string of the molecule is c1ccc(-c2cccc(-c3nc(-c4cccc5sc6ccccc6c45)nc(-c4cccc5c4c4c6cccc7c6n(c4n5-c4ccccc4)-c4ccccc4S7)n3)c2)cc1. The molecule has 0 radical (unpaired) electrons. The number of hydrogen-bond donors (Lipinski definition) is 0. The van der Waals surface area contributed by atoms with Gasteiger partial charge in [0.15, 0.2) is 17.5 Å². The van der Waals surface area contributed by atoms with Crippen molar-refractivity contribution in [1.29, 1.82) is 0 Å². The quantitative estimate of drug-likeness (QED) is 0.174. The van der Waals surface area contributed by atoms with E-state index in [2.05, 4.69) is 197 Å². The summed E-state index contributed by atoms with van der Waals surface area (Å²) in [7, 11) is 0. The van der Waals surface area contributed by atoms with Crippen LogP contribution in [0.2, 0.25) is 0 Å². The molecule has 0 saturated heterocycles. The van der Waals surface area contributed by atoms with Gasteiger partial charge < -0.3 is 0 Å². The minimum atomic E-state index is 0.632. The summed E-state index contributed by atoms with van der Waals surface area (Å²) in [6, 6.07) is 66.9. The molecule has 5 nitrogen and oxygen atoms in total. The minimum Gasteiger partial charge on any atom is -0.295 e. The van der Waals surface area contributed by atoms with Crippen molar-refractivity contribution in [1.82, 2.24) is 24.1 Å². The van der Waals surface area contributed by atoms with Crippen LogP contribution in [0, 0.1) is 0 Å². The van der Waals surface area contributed by atoms with Crippen molar-refractivity contribution in [3.63, 3.8) is 0 Å². The molecule has 7 heteroatoms. The summed E-state index contributed by atoms with van der Waals surface area (Å²) in [4.78, 5) is 18.8. The molecule has 5 heterocycles. The Balaban J connectivity index is 1.15. The van der Waals surface area contributed by atoms with E-state index in [0.717, 1.165) is 50.1 Å². The zero-order valence-corrected chi connectivity index (χ0v) is 33.6. The number of fused-ring (bicyclic) bond motifs is 10. The Morgan fingerprint density at radius 2 is 1.02 bits per heavy atom. The van der Waals surface area contributed by atoms with Crippen molar-refractivity contribution in [3.8, 4) is 56.7 Å². The van der Waals surface area contributed by atoms with Crippen molar-refractivity contribution in [2.45, 2.75) is 9.79 Å². The van der Waals surface area contributed by atoms with Gasteiger partial charge in [-0.15, -0.1) is 11.3 Å². The lowest BCUT2D eigenvalue weighted by Crippen LogP contribution is -2.05. The lowest BCUT2D eigenvalue weighted by atomic mass is 10.0. The average molecular weight is 802 g/mol. The van der Waals surface area contributed by atoms with Gasteiger partial charge in [0.1, 0.15) is 5.65 Å². The van der Waals surface area contributed by atoms with Crippen LogP contribution in [0.5, 0.6) is 0 Å². The van der Waals surface area contributed by atoms with Gasteiger partial charge in [-0.05, 0) is 65.7 Å². The summed E-state index contributed by atoms with van der Waals surface area (Å²) < 4.78 is 7.35. The predicted molar refractivity (Wildman–Crippen MR) is 250 cm³/mol. The average Bonchev–Trinajstić information content (AvgIpc) is 3.98. The van der Waals surface area contributed by atoms with E-state index in [4.69, 9.17) is 15.0 Å². The Labute approximate surface area is 352 Å². The highest BCUT2D eigenvalue weighted by molar-refractivity contribution is 7.99. The largest absolute Gasteiger partial charge is 0.295 e. The molecule has 0 spiro atoms. The maximum absolute atomic E-state index is 5.49. The second-order valence-electron chi connectivity index (χ2n) is 15.2. The van der Waals surface area contributed by atoms with E-state index in [9.17, 15) is 0 Å². The first kappa shape index (κ1) is 33.6. The van der Waals surface area contributed by atoms with Gasteiger partial charge >= 0.3 is 0 Å². The second kappa shape index (κ2) is 13.1. The minimum absolute atomic E-state index is 0.632. The summed E-state index contributed by atoms with van der Waals surface area (Å²) >= 11 is 3.64. The number of rotatable bonds is 5. The summed E-state index contributed by atoms with van der Waals surface area (Å²) in [5.41, 5.74) is 10.9. The summed E-state index contributed by atoms with van der Waals surface area (Å²) in [5, 5.41) is 5.87. The molecule has 1 aliphatic heterocycles. The predicted octanol–water partition coefficient (Wildman–Crippen LogP) is 14.4. The molecule has 12 aromatic rings. The van der Waals surface area contributed by atoms with Crippen LogP contribution in [0.15, 0.2) is 198 Å². The molecule has 0 saturated carbocycles. The standard InChI is InChI=1S/C53H31N5S2/c1-3-15-32(16-4-1)33-17-11-18-34(31-33)50-54-51(38-24-14-29-44-46(38)36-21-7-9-27-42(36)59-44)56-52(55-50)39-23-12-26-41-47(39)48-37-22-13-30-45-49(37)58(40-25-8-10-28-43(40)60-45)53(48)57(41)35-19-5-2-6-20-35/h1-31H. The number of nitrogens with zero attached hydrogens (tertiary/aromatic N) is 5. The Morgan fingerprint density at radius 1 is 0.400 bits per heavy atom. The van der Waals surface area contributed by atoms with Gasteiger partial charge in [-0.1, -0.05) is 145 Å². The molecule has 4 aromatic heterocycles. The number of thiophene rings is 1. The van der Waals surface area contributed by atoms with Gasteiger partial charge in [0.25, 0.3) is 0 Å². The van der Waals surface area contributed by atoms with Crippen LogP contribution in [0.1, 0.15) is 0 Å². The third kappa shape index (κ3) is 4.97. The molecule has 0 fully saturated rings. The Kier molecular flexibility index (Phi) is 7.34. The van der Waals surface area contributed by atoms with Gasteiger partial charge in [-0.2, -0.15) is 0 Å². The van der Waals surface area contributed by atoms with Crippen molar-refractivity contribution in [3.05, 3.63) is 188 Å². The molecule has 0 atom stereocenters. The van der Waals surface area contributed by atoms with Gasteiger partial charge in [0.2, 0.25) is 0 Å². The second-order valence-corrected chi connectivity index (χ2v) is 17.3. The van der Waals surface area contributed by atoms with E-state index in [0.29, 0.717) is 17.5 Å². The molecule has 60 heavy (non-hydrogen) atoms. The fourth-order valence-electron chi connectivity index (χ4n) is 9.22. The molecular formula is C53H31N5S2. The summed E-state index contributed by atoms with van der Waals surface area (Å²) in [6.45, 7) is 0. The van der Waals surface area contributed by atoms with Crippen LogP contribution < -0.4 is 0 Å². The fourth-order valence-corrected chi connectivity index (χ4v) is 11.4. The summed E-state index contributed by atoms with van der Waals surface area (Å²) in [5.74, 6) is 1.92. The lowest BCUT2D eigenvalue weighted by molar-refractivity contribution is 1.03. The molecule has 0 N–H and O–H groups in total. The lowest BCUT2D eigenvalue weighted by Gasteiger charge is -2.21. The number of benzene rings is 8. The highest BCUT2D eigenvalue weighted by Crippen LogP contribution is 2.51. The zero-order chi connectivity index (χ0) is 39.3. The van der Waals surface area contributed by atoms with E-state index >= 15 is 0 Å². The Morgan fingerprint density at radius 3 is 1.88 bits per heavy atom. The highest BCUT2D eigenvalue weighted by atomic mass is 32.2. The number of hydrogen-bond acceptors (Lipinski definition) is 5. The van der Waals surface area contributed by atoms with E-state index in [1.807, 2.05) is 11.8 Å². The molecule has 0 bridgehead atoms. The molecule has 0 amide bonds. The topological polar surface area (TPSA) is 48.5 Å². The zero-order valence-electron chi connectivity index (χ0n) is 32.0. The Bertz CT molecular complexity index is 3690. The number of para-hydroxylation sites is 3. The van der Waals surface area contributed by atoms with E-state index < -0.39 is 0 Å². The van der Waals surface area contributed by atoms with Crippen LogP contribution in [0.25, 0.3) is 110 Å². The molecule has 280 valence electrons. The summed E-state index contributed by atoms with van der Waals surface area (Å²) in [6.07, 6.45) is 0. The van der Waals surface area contributed by atoms with Crippen molar-refractivity contribution < 1.29 is 0 Å². The van der Waals surface area contributed by atoms with E-state index in [1.165, 1.54) is 51.9 Å². The van der Waals surface area contributed by atoms with Gasteiger partial charge in [0.05, 0.1) is 16.7 Å². The highest BCUT2D eigenvalue weighted by Gasteiger charge is 2.29. The van der Waals surface area contributed by atoms with Crippen molar-refractivity contribution >= 4 is 76.1 Å². The first-order valence-corrected chi connectivity index (χ1v) is 21.7. The first-order valence-electron chi connectivity index (χ1n) is 20.0. The normalized spacial score (nSPS) is 12.3. The molecule has 8 aromatic carbocycles. The molecular weight excluding hydrogens is 771 g/mol. The molecule has 13 rings (SSSR count). The third-order valence-electron chi connectivity index (χ3n) is 11.8. The van der Waals surface area contributed by atoms with Crippen LogP contribution in [0.4, 0.5) is 0 Å². The van der Waals surface area contributed by atoms with Crippen molar-refractivity contribution in [2.24, 2.45) is 0 Å². The van der Waals surface area contributed by atoms with E-state index in [1.54, 1.807) is 11.3 Å². The molecule has 1 aliphatic rings. The Hall–Kier alpha value is -7.32. The first-order chi connectivity index (χ1) is 29.8. The number of aromatic nitrogens is 5. The smallest absolute Gasteiger partial charge is 0.164 e. The molecule has 0 unspecified atom stereocenters. The van der Waals surface area contributed by atoms with E-state index in [-0.39, 0.29) is 0 Å². The monoisotopic (exact) mass is 801 g/mol. The van der Waals surface area contributed by atoms with Gasteiger partial charge in [-0.3, -0.25) is 9.13 Å². The van der Waals surface area contributed by atoms with Crippen LogP contribution in [-0.4, -0.2) is 24.1 Å². The van der Waals surface area contributed by atoms with Gasteiger partial charge in [-0.25, -0.2) is 15.0 Å². The van der Waals surface area contributed by atoms with Crippen LogP contribution in [0.3, 0.4) is 0 Å². The van der Waals surface area contributed by atoms with Crippen molar-refractivity contribution in [2.75, 3.05) is 0 Å². The maximum Gasteiger partial charge on any atom is 0.164 e. The molecule has 0 aliphatic carbocycles. The fraction of sp³-hybridized carbons (Fsp3) is 0. The van der Waals surface area contributed by atoms with Crippen LogP contribution in [-0.2, 0) is 0 Å². The maximum atomic E-state index is 5.49. The van der Waals surface area contributed by atoms with Crippen LogP contribution >= 0.6 is 23.1 Å².